The molecule has 5 rings (SSSR count). The number of hydrogen-bond donors (Lipinski definition) is 0. The molecular formula is C22H13ClN2O4. The van der Waals surface area contributed by atoms with Crippen LogP contribution in [0.2, 0.25) is 5.02 Å². The molecule has 3 aromatic heterocycles. The van der Waals surface area contributed by atoms with Gasteiger partial charge < -0.3 is 13.7 Å². The molecule has 0 aliphatic heterocycles. The molecule has 0 saturated carbocycles. The van der Waals surface area contributed by atoms with E-state index in [4.69, 9.17) is 25.3 Å². The summed E-state index contributed by atoms with van der Waals surface area (Å²) < 4.78 is 16.3. The third-order valence-electron chi connectivity index (χ3n) is 4.65. The van der Waals surface area contributed by atoms with Gasteiger partial charge in [0.05, 0.1) is 18.1 Å². The molecule has 7 heteroatoms. The Morgan fingerprint density at radius 3 is 2.62 bits per heavy atom. The van der Waals surface area contributed by atoms with Crippen LogP contribution in [0.4, 0.5) is 0 Å². The quantitative estimate of drug-likeness (QED) is 0.356. The molecule has 0 radical (unpaired) electrons. The lowest BCUT2D eigenvalue weighted by atomic mass is 10.0. The van der Waals surface area contributed by atoms with E-state index in [2.05, 4.69) is 10.1 Å². The van der Waals surface area contributed by atoms with Crippen molar-refractivity contribution >= 4 is 39.6 Å². The van der Waals surface area contributed by atoms with Gasteiger partial charge in [0.1, 0.15) is 17.0 Å². The molecule has 6 nitrogen and oxygen atoms in total. The van der Waals surface area contributed by atoms with E-state index < -0.39 is 5.97 Å². The lowest BCUT2D eigenvalue weighted by Gasteiger charge is -2.05. The first kappa shape index (κ1) is 17.5. The highest BCUT2D eigenvalue weighted by molar-refractivity contribution is 6.30. The predicted molar refractivity (Wildman–Crippen MR) is 109 cm³/mol. The standard InChI is InChI=1S/C22H13ClN2O4/c1-27-22(26)15-11-16(18-10-13-4-2-3-5-17(13)28-18)24-21-19(15)20(25-29-21)12-6-8-14(23)9-7-12/h2-11H,1H3. The van der Waals surface area contributed by atoms with Crippen molar-refractivity contribution in [1.29, 1.82) is 0 Å². The van der Waals surface area contributed by atoms with Crippen LogP contribution in [0.5, 0.6) is 0 Å². The van der Waals surface area contributed by atoms with Crippen molar-refractivity contribution in [3.05, 3.63) is 71.2 Å². The number of fused-ring (bicyclic) bond motifs is 2. The van der Waals surface area contributed by atoms with Crippen molar-refractivity contribution in [2.24, 2.45) is 0 Å². The molecule has 0 spiro atoms. The number of rotatable bonds is 3. The molecule has 0 unspecified atom stereocenters. The number of nitrogens with zero attached hydrogens (tertiary/aromatic N) is 2. The number of esters is 1. The Morgan fingerprint density at radius 2 is 1.86 bits per heavy atom. The number of halogens is 1. The maximum atomic E-state index is 12.5. The van der Waals surface area contributed by atoms with Crippen LogP contribution in [-0.2, 0) is 4.74 Å². The van der Waals surface area contributed by atoms with E-state index in [1.54, 1.807) is 30.3 Å². The molecule has 142 valence electrons. The van der Waals surface area contributed by atoms with Gasteiger partial charge in [0, 0.05) is 16.0 Å². The van der Waals surface area contributed by atoms with Crippen molar-refractivity contribution < 1.29 is 18.5 Å². The Hall–Kier alpha value is -3.64. The van der Waals surface area contributed by atoms with Crippen LogP contribution in [0.3, 0.4) is 0 Å². The fraction of sp³-hybridized carbons (Fsp3) is 0.0455. The number of hydrogen-bond acceptors (Lipinski definition) is 6. The molecule has 2 aromatic carbocycles. The van der Waals surface area contributed by atoms with Gasteiger partial charge in [-0.3, -0.25) is 0 Å². The Kier molecular flexibility index (Phi) is 4.07. The third-order valence-corrected chi connectivity index (χ3v) is 4.90. The molecule has 3 heterocycles. The van der Waals surface area contributed by atoms with E-state index >= 15 is 0 Å². The third kappa shape index (κ3) is 2.94. The topological polar surface area (TPSA) is 78.4 Å². The molecule has 29 heavy (non-hydrogen) atoms. The van der Waals surface area contributed by atoms with Gasteiger partial charge in [-0.05, 0) is 30.3 Å². The molecule has 0 fully saturated rings. The van der Waals surface area contributed by atoms with Crippen LogP contribution in [0.15, 0.2) is 69.6 Å². The first-order valence-electron chi connectivity index (χ1n) is 8.77. The molecule has 0 amide bonds. The number of carbonyl (C=O) groups excluding carboxylic acids is 1. The first-order valence-corrected chi connectivity index (χ1v) is 9.15. The van der Waals surface area contributed by atoms with Crippen LogP contribution in [0.25, 0.3) is 44.8 Å². The second kappa shape index (κ2) is 6.76. The highest BCUT2D eigenvalue weighted by atomic mass is 35.5. The van der Waals surface area contributed by atoms with E-state index in [1.807, 2.05) is 30.3 Å². The summed E-state index contributed by atoms with van der Waals surface area (Å²) in [5, 5.41) is 6.13. The zero-order valence-electron chi connectivity index (χ0n) is 15.2. The van der Waals surface area contributed by atoms with Crippen LogP contribution >= 0.6 is 11.6 Å². The first-order chi connectivity index (χ1) is 14.1. The van der Waals surface area contributed by atoms with Crippen LogP contribution in [0.1, 0.15) is 10.4 Å². The molecule has 0 atom stereocenters. The summed E-state index contributed by atoms with van der Waals surface area (Å²) >= 11 is 5.98. The summed E-state index contributed by atoms with van der Waals surface area (Å²) in [6.45, 7) is 0. The van der Waals surface area contributed by atoms with Crippen molar-refractivity contribution in [3.63, 3.8) is 0 Å². The number of aromatic nitrogens is 2. The Morgan fingerprint density at radius 1 is 1.07 bits per heavy atom. The highest BCUT2D eigenvalue weighted by Crippen LogP contribution is 2.34. The minimum atomic E-state index is -0.520. The lowest BCUT2D eigenvalue weighted by Crippen LogP contribution is -2.03. The van der Waals surface area contributed by atoms with E-state index in [-0.39, 0.29) is 5.71 Å². The Balaban J connectivity index is 1.74. The van der Waals surface area contributed by atoms with Gasteiger partial charge >= 0.3 is 5.97 Å². The zero-order chi connectivity index (χ0) is 20.0. The average Bonchev–Trinajstić information content (AvgIpc) is 3.37. The molecular weight excluding hydrogens is 392 g/mol. The SMILES string of the molecule is COC(=O)c1cc(-c2cc3ccccc3o2)nc2onc(-c3ccc(Cl)cc3)c12. The number of methoxy groups -OCH3 is 1. The molecule has 0 N–H and O–H groups in total. The fourth-order valence-electron chi connectivity index (χ4n) is 3.26. The normalized spacial score (nSPS) is 11.2. The van der Waals surface area contributed by atoms with Crippen molar-refractivity contribution in [2.45, 2.75) is 0 Å². The van der Waals surface area contributed by atoms with Crippen LogP contribution in [-0.4, -0.2) is 23.2 Å². The number of furan rings is 1. The van der Waals surface area contributed by atoms with Gasteiger partial charge in [-0.2, -0.15) is 0 Å². The van der Waals surface area contributed by atoms with E-state index in [0.29, 0.717) is 33.1 Å². The van der Waals surface area contributed by atoms with Crippen molar-refractivity contribution in [1.82, 2.24) is 10.1 Å². The lowest BCUT2D eigenvalue weighted by molar-refractivity contribution is 0.0603. The van der Waals surface area contributed by atoms with Crippen molar-refractivity contribution in [3.8, 4) is 22.7 Å². The second-order valence-corrected chi connectivity index (χ2v) is 6.85. The summed E-state index contributed by atoms with van der Waals surface area (Å²) in [5.74, 6) is -0.00382. The van der Waals surface area contributed by atoms with E-state index in [0.717, 1.165) is 16.5 Å². The summed E-state index contributed by atoms with van der Waals surface area (Å²) in [7, 11) is 1.32. The van der Waals surface area contributed by atoms with Gasteiger partial charge in [-0.15, -0.1) is 0 Å². The molecule has 0 aliphatic rings. The summed E-state index contributed by atoms with van der Waals surface area (Å²) in [6.07, 6.45) is 0. The number of para-hydroxylation sites is 1. The minimum Gasteiger partial charge on any atom is -0.465 e. The van der Waals surface area contributed by atoms with Gasteiger partial charge in [-0.25, -0.2) is 9.78 Å². The zero-order valence-corrected chi connectivity index (χ0v) is 15.9. The van der Waals surface area contributed by atoms with E-state index in [9.17, 15) is 4.79 Å². The number of carbonyl (C=O) groups is 1. The maximum absolute atomic E-state index is 12.5. The average molecular weight is 405 g/mol. The van der Waals surface area contributed by atoms with Crippen LogP contribution in [0, 0.1) is 0 Å². The minimum absolute atomic E-state index is 0.216. The maximum Gasteiger partial charge on any atom is 0.338 e. The smallest absolute Gasteiger partial charge is 0.338 e. The molecule has 0 aliphatic carbocycles. The number of benzene rings is 2. The van der Waals surface area contributed by atoms with Gasteiger partial charge in [0.25, 0.3) is 5.71 Å². The summed E-state index contributed by atoms with van der Waals surface area (Å²) in [4.78, 5) is 17.1. The van der Waals surface area contributed by atoms with Crippen LogP contribution < -0.4 is 0 Å². The molecule has 0 bridgehead atoms. The monoisotopic (exact) mass is 404 g/mol. The fourth-order valence-corrected chi connectivity index (χ4v) is 3.39. The molecule has 0 saturated heterocycles. The number of ether oxygens (including phenoxy) is 1. The highest BCUT2D eigenvalue weighted by Gasteiger charge is 2.23. The Bertz CT molecular complexity index is 1340. The van der Waals surface area contributed by atoms with Gasteiger partial charge in [0.15, 0.2) is 5.76 Å². The predicted octanol–water partition coefficient (Wildman–Crippen LogP) is 5.74. The summed E-state index contributed by atoms with van der Waals surface area (Å²) in [5.41, 5.74) is 2.92. The van der Waals surface area contributed by atoms with Gasteiger partial charge in [-0.1, -0.05) is 47.1 Å². The Labute approximate surface area is 169 Å². The molecule has 5 aromatic rings. The largest absolute Gasteiger partial charge is 0.465 e. The summed E-state index contributed by atoms with van der Waals surface area (Å²) in [6, 6.07) is 18.2. The van der Waals surface area contributed by atoms with E-state index in [1.165, 1.54) is 7.11 Å². The van der Waals surface area contributed by atoms with Gasteiger partial charge in [0.2, 0.25) is 0 Å². The second-order valence-electron chi connectivity index (χ2n) is 6.41. The van der Waals surface area contributed by atoms with Crippen molar-refractivity contribution in [2.75, 3.05) is 7.11 Å². The number of pyridine rings is 1.